The zero-order chi connectivity index (χ0) is 14.9. The van der Waals surface area contributed by atoms with Gasteiger partial charge in [-0.2, -0.15) is 0 Å². The molecular formula is C17H22N2O3. The van der Waals surface area contributed by atoms with Gasteiger partial charge in [-0.25, -0.2) is 0 Å². The molecule has 22 heavy (non-hydrogen) atoms. The van der Waals surface area contributed by atoms with E-state index in [0.29, 0.717) is 25.0 Å². The topological polar surface area (TPSA) is 50.8 Å². The number of hydrogen-bond donors (Lipinski definition) is 1. The molecule has 3 aliphatic rings. The normalized spacial score (nSPS) is 27.2. The second-order valence-electron chi connectivity index (χ2n) is 6.28. The van der Waals surface area contributed by atoms with Gasteiger partial charge in [-0.15, -0.1) is 0 Å². The van der Waals surface area contributed by atoms with Crippen molar-refractivity contribution in [2.75, 3.05) is 39.4 Å². The molecule has 2 aliphatic heterocycles. The Kier molecular flexibility index (Phi) is 3.66. The van der Waals surface area contributed by atoms with E-state index in [0.717, 1.165) is 50.5 Å². The van der Waals surface area contributed by atoms with E-state index >= 15 is 0 Å². The van der Waals surface area contributed by atoms with Crippen molar-refractivity contribution in [3.8, 4) is 11.5 Å². The van der Waals surface area contributed by atoms with Gasteiger partial charge in [0.25, 0.3) is 0 Å². The smallest absolute Gasteiger partial charge is 0.226 e. The second kappa shape index (κ2) is 5.80. The minimum absolute atomic E-state index is 0.153. The Balaban J connectivity index is 1.44. The Morgan fingerprint density at radius 3 is 2.91 bits per heavy atom. The van der Waals surface area contributed by atoms with Crippen molar-refractivity contribution in [2.24, 2.45) is 5.92 Å². The summed E-state index contributed by atoms with van der Waals surface area (Å²) in [5, 5.41) is 3.34. The number of nitrogens with zero attached hydrogens (tertiary/aromatic N) is 1. The quantitative estimate of drug-likeness (QED) is 0.897. The summed E-state index contributed by atoms with van der Waals surface area (Å²) in [6.07, 6.45) is 2.01. The van der Waals surface area contributed by atoms with Crippen LogP contribution in [-0.4, -0.2) is 50.2 Å². The summed E-state index contributed by atoms with van der Waals surface area (Å²) in [5.41, 5.74) is 1.20. The maximum atomic E-state index is 12.6. The number of nitrogens with one attached hydrogen (secondary N) is 1. The van der Waals surface area contributed by atoms with Crippen LogP contribution in [0.2, 0.25) is 0 Å². The third-order valence-corrected chi connectivity index (χ3v) is 4.75. The number of carbonyl (C=O) groups is 1. The highest BCUT2D eigenvalue weighted by Crippen LogP contribution is 2.50. The zero-order valence-corrected chi connectivity index (χ0v) is 12.7. The summed E-state index contributed by atoms with van der Waals surface area (Å²) < 4.78 is 11.2. The third kappa shape index (κ3) is 2.65. The average Bonchev–Trinajstić information content (AvgIpc) is 3.37. The van der Waals surface area contributed by atoms with Gasteiger partial charge in [0.1, 0.15) is 13.2 Å². The average molecular weight is 302 g/mol. The Labute approximate surface area is 130 Å². The summed E-state index contributed by atoms with van der Waals surface area (Å²) >= 11 is 0. The fourth-order valence-electron chi connectivity index (χ4n) is 3.43. The highest BCUT2D eigenvalue weighted by Gasteiger charge is 2.46. The molecule has 0 radical (unpaired) electrons. The second-order valence-corrected chi connectivity index (χ2v) is 6.28. The fraction of sp³-hybridized carbons (Fsp3) is 0.588. The van der Waals surface area contributed by atoms with E-state index in [1.54, 1.807) is 0 Å². The maximum Gasteiger partial charge on any atom is 0.226 e. The van der Waals surface area contributed by atoms with Crippen molar-refractivity contribution in [3.63, 3.8) is 0 Å². The minimum atomic E-state index is 0.153. The van der Waals surface area contributed by atoms with Crippen molar-refractivity contribution < 1.29 is 14.3 Å². The minimum Gasteiger partial charge on any atom is -0.486 e. The van der Waals surface area contributed by atoms with Crippen molar-refractivity contribution in [2.45, 2.75) is 18.8 Å². The Morgan fingerprint density at radius 1 is 1.14 bits per heavy atom. The van der Waals surface area contributed by atoms with Crippen LogP contribution in [-0.2, 0) is 4.79 Å². The van der Waals surface area contributed by atoms with Gasteiger partial charge in [-0.3, -0.25) is 4.79 Å². The molecule has 0 bridgehead atoms. The summed E-state index contributed by atoms with van der Waals surface area (Å²) in [4.78, 5) is 14.7. The summed E-state index contributed by atoms with van der Waals surface area (Å²) in [5.74, 6) is 2.46. The van der Waals surface area contributed by atoms with Crippen LogP contribution in [0.1, 0.15) is 24.3 Å². The van der Waals surface area contributed by atoms with Gasteiger partial charge in [-0.1, -0.05) is 6.07 Å². The number of hydrogen-bond acceptors (Lipinski definition) is 4. The molecule has 1 aromatic carbocycles. The van der Waals surface area contributed by atoms with E-state index in [1.165, 1.54) is 5.56 Å². The van der Waals surface area contributed by atoms with E-state index in [4.69, 9.17) is 9.47 Å². The number of carbonyl (C=O) groups excluding carboxylic acids is 1. The molecule has 1 aliphatic carbocycles. The fourth-order valence-corrected chi connectivity index (χ4v) is 3.43. The van der Waals surface area contributed by atoms with Crippen LogP contribution in [0.15, 0.2) is 18.2 Å². The number of benzene rings is 1. The molecule has 118 valence electrons. The highest BCUT2D eigenvalue weighted by molar-refractivity contribution is 5.83. The number of ether oxygens (including phenoxy) is 2. The molecule has 2 heterocycles. The SMILES string of the molecule is O=C(C1CC1c1ccc2c(c1)OCCO2)N1CCCNCC1. The molecule has 2 fully saturated rings. The molecule has 1 saturated carbocycles. The molecule has 2 unspecified atom stereocenters. The number of rotatable bonds is 2. The van der Waals surface area contributed by atoms with Gasteiger partial charge in [0.15, 0.2) is 11.5 Å². The molecule has 4 rings (SSSR count). The Hall–Kier alpha value is -1.75. The predicted octanol–water partition coefficient (Wildman–Crippen LogP) is 1.38. The standard InChI is InChI=1S/C17H22N2O3/c20-17(19-6-1-4-18-5-7-19)14-11-13(14)12-2-3-15-16(10-12)22-9-8-21-15/h2-3,10,13-14,18H,1,4-9,11H2. The lowest BCUT2D eigenvalue weighted by molar-refractivity contribution is -0.132. The third-order valence-electron chi connectivity index (χ3n) is 4.75. The maximum absolute atomic E-state index is 12.6. The van der Waals surface area contributed by atoms with Crippen molar-refractivity contribution in [1.82, 2.24) is 10.2 Å². The Bertz CT molecular complexity index is 567. The van der Waals surface area contributed by atoms with Crippen molar-refractivity contribution in [3.05, 3.63) is 23.8 Å². The molecule has 1 saturated heterocycles. The summed E-state index contributed by atoms with van der Waals surface area (Å²) in [6, 6.07) is 6.10. The lowest BCUT2D eigenvalue weighted by Gasteiger charge is -2.20. The van der Waals surface area contributed by atoms with Crippen molar-refractivity contribution in [1.29, 1.82) is 0 Å². The lowest BCUT2D eigenvalue weighted by Crippen LogP contribution is -2.35. The molecule has 2 atom stereocenters. The van der Waals surface area contributed by atoms with Crippen LogP contribution in [0.25, 0.3) is 0 Å². The zero-order valence-electron chi connectivity index (χ0n) is 12.7. The number of fused-ring (bicyclic) bond motifs is 1. The predicted molar refractivity (Wildman–Crippen MR) is 82.3 cm³/mol. The van der Waals surface area contributed by atoms with E-state index < -0.39 is 0 Å². The van der Waals surface area contributed by atoms with Gasteiger partial charge in [0.2, 0.25) is 5.91 Å². The van der Waals surface area contributed by atoms with Crippen LogP contribution >= 0.6 is 0 Å². The summed E-state index contributed by atoms with van der Waals surface area (Å²) in [6.45, 7) is 4.86. The van der Waals surface area contributed by atoms with Crippen LogP contribution in [0, 0.1) is 5.92 Å². The van der Waals surface area contributed by atoms with Crippen LogP contribution in [0.3, 0.4) is 0 Å². The first-order valence-corrected chi connectivity index (χ1v) is 8.22. The van der Waals surface area contributed by atoms with E-state index in [2.05, 4.69) is 17.4 Å². The van der Waals surface area contributed by atoms with Gasteiger partial charge >= 0.3 is 0 Å². The first-order chi connectivity index (χ1) is 10.8. The molecule has 0 aromatic heterocycles. The molecule has 1 aromatic rings. The van der Waals surface area contributed by atoms with Crippen LogP contribution in [0.4, 0.5) is 0 Å². The van der Waals surface area contributed by atoms with Crippen LogP contribution in [0.5, 0.6) is 11.5 Å². The largest absolute Gasteiger partial charge is 0.486 e. The van der Waals surface area contributed by atoms with Crippen LogP contribution < -0.4 is 14.8 Å². The van der Waals surface area contributed by atoms with Gasteiger partial charge in [0.05, 0.1) is 0 Å². The molecule has 5 nitrogen and oxygen atoms in total. The number of amides is 1. The molecule has 0 spiro atoms. The van der Waals surface area contributed by atoms with Gasteiger partial charge in [0, 0.05) is 25.6 Å². The van der Waals surface area contributed by atoms with Gasteiger partial charge in [-0.05, 0) is 43.0 Å². The van der Waals surface area contributed by atoms with Gasteiger partial charge < -0.3 is 19.7 Å². The molecular weight excluding hydrogens is 280 g/mol. The summed E-state index contributed by atoms with van der Waals surface area (Å²) in [7, 11) is 0. The molecule has 5 heteroatoms. The van der Waals surface area contributed by atoms with E-state index in [1.807, 2.05) is 11.0 Å². The lowest BCUT2D eigenvalue weighted by atomic mass is 10.1. The molecule has 1 amide bonds. The first kappa shape index (κ1) is 13.9. The van der Waals surface area contributed by atoms with E-state index in [-0.39, 0.29) is 5.92 Å². The first-order valence-electron chi connectivity index (χ1n) is 8.22. The molecule has 1 N–H and O–H groups in total. The Morgan fingerprint density at radius 2 is 2.00 bits per heavy atom. The van der Waals surface area contributed by atoms with Crippen molar-refractivity contribution >= 4 is 5.91 Å². The van der Waals surface area contributed by atoms with E-state index in [9.17, 15) is 4.79 Å². The highest BCUT2D eigenvalue weighted by atomic mass is 16.6. The monoisotopic (exact) mass is 302 g/mol.